The largest absolute Gasteiger partial charge is 0.480 e. The van der Waals surface area contributed by atoms with Gasteiger partial charge >= 0.3 is 5.97 Å². The molecular formula is C34H47N7O6S. The van der Waals surface area contributed by atoms with Crippen LogP contribution in [0.1, 0.15) is 45.1 Å². The Morgan fingerprint density at radius 2 is 1.52 bits per heavy atom. The fourth-order valence-electron chi connectivity index (χ4n) is 4.98. The van der Waals surface area contributed by atoms with Gasteiger partial charge in [-0.1, -0.05) is 56.7 Å². The number of amides is 4. The fourth-order valence-corrected chi connectivity index (χ4v) is 5.82. The summed E-state index contributed by atoms with van der Waals surface area (Å²) in [5.41, 5.74) is 14.0. The van der Waals surface area contributed by atoms with E-state index in [1.54, 1.807) is 30.5 Å². The summed E-state index contributed by atoms with van der Waals surface area (Å²) in [6.45, 7) is 4.14. The van der Waals surface area contributed by atoms with Gasteiger partial charge in [-0.3, -0.25) is 19.2 Å². The molecule has 0 saturated carbocycles. The molecule has 48 heavy (non-hydrogen) atoms. The molecule has 2 aromatic carbocycles. The highest BCUT2D eigenvalue weighted by atomic mass is 32.2. The Bertz CT molecular complexity index is 1520. The van der Waals surface area contributed by atoms with Crippen LogP contribution in [0, 0.1) is 5.92 Å². The number of H-pyrrole nitrogens is 1. The van der Waals surface area contributed by atoms with E-state index in [0.717, 1.165) is 28.2 Å². The second-order valence-corrected chi connectivity index (χ2v) is 12.7. The van der Waals surface area contributed by atoms with E-state index in [0.29, 0.717) is 31.5 Å². The topological polar surface area (TPSA) is 222 Å². The maximum absolute atomic E-state index is 13.9. The standard InChI is InChI=1S/C34H47N7O6S/c1-3-21(2)30(36)33(45)40-27(17-22-18-37-25-14-8-7-13-24(22)25)31(43)41-28(32(44)39-26(34(46)47)15-9-10-16-35)19-48-20-29(42)38-23-11-5-4-6-12-23/h4-8,11-14,18,21,26-28,30,37H,3,9-10,15-17,19-20,35-36H2,1-2H3,(H,38,42)(H,39,44)(H,40,45)(H,41,43)(H,46,47)/t21-,26-,27-,28-,30-/m0/s1. The summed E-state index contributed by atoms with van der Waals surface area (Å²) in [6.07, 6.45) is 3.72. The van der Waals surface area contributed by atoms with Crippen LogP contribution in [0.5, 0.6) is 0 Å². The second kappa shape index (κ2) is 19.4. The number of carbonyl (C=O) groups excluding carboxylic acids is 4. The Kier molecular flexibility index (Phi) is 15.4. The summed E-state index contributed by atoms with van der Waals surface area (Å²) in [6, 6.07) is 12.0. The monoisotopic (exact) mass is 681 g/mol. The zero-order chi connectivity index (χ0) is 35.1. The van der Waals surface area contributed by atoms with Gasteiger partial charge in [-0.25, -0.2) is 4.79 Å². The van der Waals surface area contributed by atoms with Crippen LogP contribution in [-0.2, 0) is 30.4 Å². The molecule has 1 heterocycles. The third-order valence-electron chi connectivity index (χ3n) is 8.06. The van der Waals surface area contributed by atoms with Gasteiger partial charge in [0.1, 0.15) is 18.1 Å². The van der Waals surface area contributed by atoms with Crippen molar-refractivity contribution < 1.29 is 29.1 Å². The number of aromatic nitrogens is 1. The Labute approximate surface area is 284 Å². The third kappa shape index (κ3) is 11.7. The summed E-state index contributed by atoms with van der Waals surface area (Å²) >= 11 is 1.10. The Morgan fingerprint density at radius 3 is 2.21 bits per heavy atom. The molecular weight excluding hydrogens is 634 g/mol. The van der Waals surface area contributed by atoms with E-state index in [4.69, 9.17) is 11.5 Å². The molecule has 10 N–H and O–H groups in total. The maximum Gasteiger partial charge on any atom is 0.326 e. The van der Waals surface area contributed by atoms with E-state index in [2.05, 4.69) is 26.3 Å². The molecule has 0 radical (unpaired) electrons. The number of rotatable bonds is 20. The van der Waals surface area contributed by atoms with Crippen LogP contribution in [0.4, 0.5) is 5.69 Å². The molecule has 0 saturated heterocycles. The van der Waals surface area contributed by atoms with Crippen LogP contribution in [0.2, 0.25) is 0 Å². The van der Waals surface area contributed by atoms with Crippen molar-refractivity contribution >= 4 is 58.0 Å². The molecule has 260 valence electrons. The van der Waals surface area contributed by atoms with E-state index in [9.17, 15) is 29.1 Å². The van der Waals surface area contributed by atoms with Crippen molar-refractivity contribution in [2.75, 3.05) is 23.4 Å². The molecule has 5 atom stereocenters. The first-order valence-electron chi connectivity index (χ1n) is 16.1. The number of hydrogen-bond acceptors (Lipinski definition) is 8. The summed E-state index contributed by atoms with van der Waals surface area (Å²) in [7, 11) is 0. The minimum Gasteiger partial charge on any atom is -0.480 e. The van der Waals surface area contributed by atoms with Crippen LogP contribution in [-0.4, -0.2) is 81.9 Å². The number of fused-ring (bicyclic) bond motifs is 1. The first kappa shape index (κ1) is 38.1. The van der Waals surface area contributed by atoms with Crippen molar-refractivity contribution in [3.63, 3.8) is 0 Å². The average molecular weight is 682 g/mol. The number of anilines is 1. The number of para-hydroxylation sites is 2. The zero-order valence-electron chi connectivity index (χ0n) is 27.4. The summed E-state index contributed by atoms with van der Waals surface area (Å²) in [5.74, 6) is -3.66. The smallest absolute Gasteiger partial charge is 0.326 e. The Balaban J connectivity index is 1.82. The average Bonchev–Trinajstić information content (AvgIpc) is 3.49. The minimum absolute atomic E-state index is 0.0351. The van der Waals surface area contributed by atoms with Gasteiger partial charge in [-0.2, -0.15) is 0 Å². The van der Waals surface area contributed by atoms with Gasteiger partial charge in [0.2, 0.25) is 23.6 Å². The van der Waals surface area contributed by atoms with Crippen LogP contribution in [0.3, 0.4) is 0 Å². The third-order valence-corrected chi connectivity index (χ3v) is 9.10. The summed E-state index contributed by atoms with van der Waals surface area (Å²) < 4.78 is 0. The zero-order valence-corrected chi connectivity index (χ0v) is 28.2. The number of carbonyl (C=O) groups is 5. The van der Waals surface area contributed by atoms with Crippen LogP contribution >= 0.6 is 11.8 Å². The van der Waals surface area contributed by atoms with E-state index in [1.807, 2.05) is 44.2 Å². The van der Waals surface area contributed by atoms with Gasteiger partial charge in [0, 0.05) is 35.0 Å². The first-order valence-corrected chi connectivity index (χ1v) is 17.3. The number of unbranched alkanes of at least 4 members (excludes halogenated alkanes) is 1. The highest BCUT2D eigenvalue weighted by Crippen LogP contribution is 2.20. The normalized spacial score (nSPS) is 14.2. The molecule has 0 aliphatic heterocycles. The lowest BCUT2D eigenvalue weighted by Crippen LogP contribution is -2.58. The summed E-state index contributed by atoms with van der Waals surface area (Å²) in [4.78, 5) is 68.3. The lowest BCUT2D eigenvalue weighted by atomic mass is 9.98. The van der Waals surface area contributed by atoms with Gasteiger partial charge < -0.3 is 42.8 Å². The predicted molar refractivity (Wildman–Crippen MR) is 188 cm³/mol. The molecule has 3 rings (SSSR count). The number of nitrogens with one attached hydrogen (secondary N) is 5. The minimum atomic E-state index is -1.23. The molecule has 0 unspecified atom stereocenters. The molecule has 1 aromatic heterocycles. The number of hydrogen-bond donors (Lipinski definition) is 8. The van der Waals surface area contributed by atoms with Crippen molar-refractivity contribution in [3.05, 3.63) is 66.4 Å². The molecule has 0 fully saturated rings. The number of carboxylic acid groups (broad SMARTS) is 1. The van der Waals surface area contributed by atoms with Crippen molar-refractivity contribution in [2.45, 2.75) is 70.1 Å². The molecule has 0 aliphatic carbocycles. The molecule has 13 nitrogen and oxygen atoms in total. The number of benzene rings is 2. The molecule has 0 aliphatic rings. The molecule has 0 spiro atoms. The Morgan fingerprint density at radius 1 is 0.875 bits per heavy atom. The van der Waals surface area contributed by atoms with Crippen LogP contribution in [0.25, 0.3) is 10.9 Å². The van der Waals surface area contributed by atoms with Crippen molar-refractivity contribution in [1.29, 1.82) is 0 Å². The van der Waals surface area contributed by atoms with E-state index in [1.165, 1.54) is 0 Å². The molecule has 14 heteroatoms. The van der Waals surface area contributed by atoms with Gasteiger partial charge in [0.05, 0.1) is 11.8 Å². The Hall–Kier alpha value is -4.40. The van der Waals surface area contributed by atoms with Crippen molar-refractivity contribution in [3.8, 4) is 0 Å². The molecule has 0 bridgehead atoms. The lowest BCUT2D eigenvalue weighted by molar-refractivity contribution is -0.142. The SMILES string of the molecule is CC[C@H](C)[C@H](N)C(=O)N[C@@H](Cc1c[nH]c2ccccc12)C(=O)N[C@@H](CSCC(=O)Nc1ccccc1)C(=O)N[C@@H](CCCCN)C(=O)O. The highest BCUT2D eigenvalue weighted by Gasteiger charge is 2.32. The van der Waals surface area contributed by atoms with E-state index in [-0.39, 0.29) is 36.2 Å². The van der Waals surface area contributed by atoms with Gasteiger partial charge in [0.25, 0.3) is 0 Å². The van der Waals surface area contributed by atoms with Crippen LogP contribution < -0.4 is 32.7 Å². The molecule has 4 amide bonds. The summed E-state index contributed by atoms with van der Waals surface area (Å²) in [5, 5.41) is 21.4. The number of thioether (sulfide) groups is 1. The van der Waals surface area contributed by atoms with Gasteiger partial charge in [0.15, 0.2) is 0 Å². The van der Waals surface area contributed by atoms with E-state index >= 15 is 0 Å². The number of carboxylic acids is 1. The van der Waals surface area contributed by atoms with Crippen molar-refractivity contribution in [2.24, 2.45) is 17.4 Å². The van der Waals surface area contributed by atoms with Crippen molar-refractivity contribution in [1.82, 2.24) is 20.9 Å². The van der Waals surface area contributed by atoms with E-state index < -0.39 is 47.9 Å². The number of aromatic amines is 1. The molecule has 3 aromatic rings. The second-order valence-electron chi connectivity index (χ2n) is 11.7. The van der Waals surface area contributed by atoms with Crippen LogP contribution in [0.15, 0.2) is 60.8 Å². The lowest BCUT2D eigenvalue weighted by Gasteiger charge is -2.26. The van der Waals surface area contributed by atoms with Gasteiger partial charge in [-0.15, -0.1) is 11.8 Å². The maximum atomic E-state index is 13.9. The van der Waals surface area contributed by atoms with Gasteiger partial charge in [-0.05, 0) is 55.5 Å². The fraction of sp³-hybridized carbons (Fsp3) is 0.441. The quantitative estimate of drug-likeness (QED) is 0.0817. The predicted octanol–water partition coefficient (Wildman–Crippen LogP) is 2.12. The number of nitrogens with two attached hydrogens (primary N) is 2. The number of aliphatic carboxylic acids is 1. The first-order chi connectivity index (χ1) is 23.0. The highest BCUT2D eigenvalue weighted by molar-refractivity contribution is 8.00.